The van der Waals surface area contributed by atoms with E-state index >= 15 is 0 Å². The number of carbonyl (C=O) groups is 1. The van der Waals surface area contributed by atoms with Crippen LogP contribution in [0.5, 0.6) is 0 Å². The Morgan fingerprint density at radius 2 is 2.04 bits per heavy atom. The number of pyridine rings is 1. The van der Waals surface area contributed by atoms with Crippen LogP contribution in [0, 0.1) is 0 Å². The van der Waals surface area contributed by atoms with E-state index in [1.54, 1.807) is 12.4 Å². The van der Waals surface area contributed by atoms with Crippen LogP contribution in [-0.2, 0) is 13.1 Å². The molecule has 3 rings (SSSR count). The van der Waals surface area contributed by atoms with E-state index < -0.39 is 0 Å². The van der Waals surface area contributed by atoms with Gasteiger partial charge in [0.1, 0.15) is 5.82 Å². The first kappa shape index (κ1) is 15.7. The fourth-order valence-electron chi connectivity index (χ4n) is 2.50. The van der Waals surface area contributed by atoms with Crippen molar-refractivity contribution in [2.24, 2.45) is 0 Å². The molecule has 2 heterocycles. The van der Waals surface area contributed by atoms with Crippen LogP contribution in [0.25, 0.3) is 0 Å². The average Bonchev–Trinajstić information content (AvgIpc) is 3.15. The Hall–Kier alpha value is -3.15. The van der Waals surface area contributed by atoms with Crippen molar-refractivity contribution in [1.82, 2.24) is 20.5 Å². The minimum Gasteiger partial charge on any atom is -0.355 e. The summed E-state index contributed by atoms with van der Waals surface area (Å²) in [6.45, 7) is 1.16. The van der Waals surface area contributed by atoms with Crippen LogP contribution in [0.2, 0.25) is 0 Å². The first-order valence-corrected chi connectivity index (χ1v) is 7.70. The van der Waals surface area contributed by atoms with Crippen LogP contribution >= 0.6 is 0 Å². The van der Waals surface area contributed by atoms with Gasteiger partial charge in [0.05, 0.1) is 11.8 Å². The van der Waals surface area contributed by atoms with Gasteiger partial charge in [-0.1, -0.05) is 36.4 Å². The van der Waals surface area contributed by atoms with Crippen LogP contribution in [0.1, 0.15) is 21.5 Å². The molecule has 2 N–H and O–H groups in total. The topological polar surface area (TPSA) is 73.9 Å². The molecule has 0 aliphatic rings. The monoisotopic (exact) mass is 321 g/mol. The Bertz CT molecular complexity index is 786. The Morgan fingerprint density at radius 1 is 1.21 bits per heavy atom. The quantitative estimate of drug-likeness (QED) is 0.731. The predicted molar refractivity (Wildman–Crippen MR) is 92.5 cm³/mol. The van der Waals surface area contributed by atoms with Gasteiger partial charge in [-0.3, -0.25) is 9.89 Å². The third-order valence-corrected chi connectivity index (χ3v) is 3.69. The smallest absolute Gasteiger partial charge is 0.254 e. The Kier molecular flexibility index (Phi) is 4.86. The standard InChI is InChI=1S/C18H19N5O/c1-23(13-14-6-3-2-4-7-14)17-15(8-5-9-19-17)10-20-18(24)16-11-21-22-12-16/h2-9,11-12H,10,13H2,1H3,(H,20,24)(H,21,22). The number of rotatable bonds is 6. The van der Waals surface area contributed by atoms with E-state index in [1.807, 2.05) is 37.4 Å². The maximum absolute atomic E-state index is 12.0. The highest BCUT2D eigenvalue weighted by Crippen LogP contribution is 2.18. The maximum atomic E-state index is 12.0. The lowest BCUT2D eigenvalue weighted by atomic mass is 10.2. The molecule has 0 fully saturated rings. The van der Waals surface area contributed by atoms with Gasteiger partial charge in [-0.05, 0) is 11.6 Å². The molecule has 0 bridgehead atoms. The minimum atomic E-state index is -0.163. The van der Waals surface area contributed by atoms with Crippen molar-refractivity contribution in [1.29, 1.82) is 0 Å². The summed E-state index contributed by atoms with van der Waals surface area (Å²) in [6.07, 6.45) is 4.83. The lowest BCUT2D eigenvalue weighted by Crippen LogP contribution is -2.25. The van der Waals surface area contributed by atoms with Gasteiger partial charge in [-0.2, -0.15) is 5.10 Å². The molecule has 122 valence electrons. The van der Waals surface area contributed by atoms with E-state index in [2.05, 4.69) is 37.5 Å². The van der Waals surface area contributed by atoms with Gasteiger partial charge in [0, 0.05) is 38.1 Å². The summed E-state index contributed by atoms with van der Waals surface area (Å²) in [6, 6.07) is 14.1. The van der Waals surface area contributed by atoms with E-state index in [0.29, 0.717) is 12.1 Å². The molecule has 0 radical (unpaired) electrons. The van der Waals surface area contributed by atoms with E-state index in [9.17, 15) is 4.79 Å². The Balaban J connectivity index is 1.69. The molecule has 6 nitrogen and oxygen atoms in total. The number of benzene rings is 1. The van der Waals surface area contributed by atoms with E-state index in [1.165, 1.54) is 11.8 Å². The molecule has 0 saturated heterocycles. The van der Waals surface area contributed by atoms with Gasteiger partial charge < -0.3 is 10.2 Å². The van der Waals surface area contributed by atoms with Crippen molar-refractivity contribution in [3.05, 3.63) is 77.7 Å². The van der Waals surface area contributed by atoms with Crippen molar-refractivity contribution in [2.75, 3.05) is 11.9 Å². The summed E-state index contributed by atoms with van der Waals surface area (Å²) < 4.78 is 0. The molecule has 2 aromatic heterocycles. The van der Waals surface area contributed by atoms with Crippen molar-refractivity contribution in [2.45, 2.75) is 13.1 Å². The first-order chi connectivity index (χ1) is 11.7. The lowest BCUT2D eigenvalue weighted by Gasteiger charge is -2.21. The van der Waals surface area contributed by atoms with Gasteiger partial charge in [0.25, 0.3) is 5.91 Å². The van der Waals surface area contributed by atoms with Crippen LogP contribution in [0.4, 0.5) is 5.82 Å². The lowest BCUT2D eigenvalue weighted by molar-refractivity contribution is 0.0951. The summed E-state index contributed by atoms with van der Waals surface area (Å²) in [5.41, 5.74) is 2.69. The average molecular weight is 321 g/mol. The van der Waals surface area contributed by atoms with Crippen LogP contribution in [-0.4, -0.2) is 28.1 Å². The van der Waals surface area contributed by atoms with Gasteiger partial charge in [-0.25, -0.2) is 4.98 Å². The zero-order chi connectivity index (χ0) is 16.8. The third kappa shape index (κ3) is 3.78. The van der Waals surface area contributed by atoms with Gasteiger partial charge >= 0.3 is 0 Å². The summed E-state index contributed by atoms with van der Waals surface area (Å²) in [7, 11) is 2.00. The molecule has 0 saturated carbocycles. The Morgan fingerprint density at radius 3 is 2.79 bits per heavy atom. The van der Waals surface area contributed by atoms with E-state index in [-0.39, 0.29) is 5.91 Å². The number of nitrogens with zero attached hydrogens (tertiary/aromatic N) is 3. The van der Waals surface area contributed by atoms with Crippen molar-refractivity contribution >= 4 is 11.7 Å². The summed E-state index contributed by atoms with van der Waals surface area (Å²) in [4.78, 5) is 18.6. The highest BCUT2D eigenvalue weighted by molar-refractivity contribution is 5.93. The van der Waals surface area contributed by atoms with Gasteiger partial charge in [-0.15, -0.1) is 0 Å². The zero-order valence-corrected chi connectivity index (χ0v) is 13.4. The second-order valence-corrected chi connectivity index (χ2v) is 5.50. The number of hydrogen-bond donors (Lipinski definition) is 2. The van der Waals surface area contributed by atoms with Gasteiger partial charge in [0.2, 0.25) is 0 Å². The molecular formula is C18H19N5O. The van der Waals surface area contributed by atoms with E-state index in [4.69, 9.17) is 0 Å². The molecule has 0 aliphatic heterocycles. The number of amides is 1. The summed E-state index contributed by atoms with van der Waals surface area (Å²) in [5.74, 6) is 0.693. The van der Waals surface area contributed by atoms with Crippen molar-refractivity contribution in [3.8, 4) is 0 Å². The molecule has 3 aromatic rings. The molecule has 6 heteroatoms. The molecule has 24 heavy (non-hydrogen) atoms. The minimum absolute atomic E-state index is 0.163. The third-order valence-electron chi connectivity index (χ3n) is 3.69. The number of nitrogens with one attached hydrogen (secondary N) is 2. The fourth-order valence-corrected chi connectivity index (χ4v) is 2.50. The van der Waals surface area contributed by atoms with Crippen LogP contribution in [0.15, 0.2) is 61.1 Å². The zero-order valence-electron chi connectivity index (χ0n) is 13.4. The highest BCUT2D eigenvalue weighted by atomic mass is 16.1. The number of H-pyrrole nitrogens is 1. The van der Waals surface area contributed by atoms with Crippen LogP contribution in [0.3, 0.4) is 0 Å². The molecule has 1 amide bonds. The molecule has 1 aromatic carbocycles. The second kappa shape index (κ2) is 7.41. The molecular weight excluding hydrogens is 302 g/mol. The highest BCUT2D eigenvalue weighted by Gasteiger charge is 2.11. The number of anilines is 1. The largest absolute Gasteiger partial charge is 0.355 e. The summed E-state index contributed by atoms with van der Waals surface area (Å²) >= 11 is 0. The molecule has 0 unspecified atom stereocenters. The Labute approximate surface area is 140 Å². The normalized spacial score (nSPS) is 10.4. The fraction of sp³-hybridized carbons (Fsp3) is 0.167. The second-order valence-electron chi connectivity index (χ2n) is 5.50. The number of aromatic nitrogens is 3. The van der Waals surface area contributed by atoms with Crippen molar-refractivity contribution < 1.29 is 4.79 Å². The molecule has 0 spiro atoms. The molecule has 0 atom stereocenters. The SMILES string of the molecule is CN(Cc1ccccc1)c1ncccc1CNC(=O)c1cn[nH]c1. The van der Waals surface area contributed by atoms with Crippen molar-refractivity contribution in [3.63, 3.8) is 0 Å². The molecule has 0 aliphatic carbocycles. The van der Waals surface area contributed by atoms with E-state index in [0.717, 1.165) is 17.9 Å². The first-order valence-electron chi connectivity index (χ1n) is 7.70. The number of hydrogen-bond acceptors (Lipinski definition) is 4. The maximum Gasteiger partial charge on any atom is 0.254 e. The van der Waals surface area contributed by atoms with Crippen LogP contribution < -0.4 is 10.2 Å². The predicted octanol–water partition coefficient (Wildman–Crippen LogP) is 2.37. The summed E-state index contributed by atoms with van der Waals surface area (Å²) in [5, 5.41) is 9.31. The van der Waals surface area contributed by atoms with Gasteiger partial charge in [0.15, 0.2) is 0 Å². The number of carbonyl (C=O) groups excluding carboxylic acids is 1. The number of aromatic amines is 1.